The smallest absolute Gasteiger partial charge is 0.303 e. The number of rotatable bonds is 20. The lowest BCUT2D eigenvalue weighted by Crippen LogP contribution is -2.07. The van der Waals surface area contributed by atoms with Gasteiger partial charge in [-0.15, -0.1) is 0 Å². The predicted octanol–water partition coefficient (Wildman–Crippen LogP) is 6.60. The van der Waals surface area contributed by atoms with Crippen LogP contribution < -0.4 is 14.2 Å². The average Bonchev–Trinajstić information content (AvgIpc) is 2.97. The monoisotopic (exact) mass is 626 g/mol. The van der Waals surface area contributed by atoms with Gasteiger partial charge in [0.1, 0.15) is 17.2 Å². The summed E-state index contributed by atoms with van der Waals surface area (Å²) in [6, 6.07) is 18.1. The third-order valence-corrected chi connectivity index (χ3v) is 8.16. The van der Waals surface area contributed by atoms with E-state index >= 15 is 0 Å². The van der Waals surface area contributed by atoms with Crippen LogP contribution in [0.4, 0.5) is 0 Å². The van der Waals surface area contributed by atoms with Gasteiger partial charge in [-0.3, -0.25) is 9.59 Å². The molecule has 0 spiro atoms. The fraction of sp³-hybridized carbons (Fsp3) is 0.412. The van der Waals surface area contributed by atoms with Crippen LogP contribution in [0, 0.1) is 0 Å². The van der Waals surface area contributed by atoms with Crippen LogP contribution in [-0.2, 0) is 32.3 Å². The molecule has 10 heteroatoms. The van der Waals surface area contributed by atoms with Crippen molar-refractivity contribution in [3.05, 3.63) is 71.8 Å². The van der Waals surface area contributed by atoms with Crippen LogP contribution >= 0.6 is 0 Å². The number of carbonyl (C=O) groups is 2. The first-order valence-electron chi connectivity index (χ1n) is 14.9. The molecule has 0 saturated heterocycles. The van der Waals surface area contributed by atoms with Crippen molar-refractivity contribution in [1.29, 1.82) is 0 Å². The summed E-state index contributed by atoms with van der Waals surface area (Å²) in [6.07, 6.45) is 6.46. The van der Waals surface area contributed by atoms with E-state index in [2.05, 4.69) is 0 Å². The maximum atomic E-state index is 11.8. The molecule has 3 rings (SSSR count). The Labute approximate surface area is 259 Å². The summed E-state index contributed by atoms with van der Waals surface area (Å²) in [4.78, 5) is 22.3. The van der Waals surface area contributed by atoms with Crippen molar-refractivity contribution < 1.29 is 42.4 Å². The summed E-state index contributed by atoms with van der Waals surface area (Å²) in [5.74, 6) is 0.241. The molecule has 2 N–H and O–H groups in total. The van der Waals surface area contributed by atoms with Gasteiger partial charge in [0.05, 0.1) is 24.7 Å². The number of hydrogen-bond acceptors (Lipinski definition) is 7. The minimum absolute atomic E-state index is 0.00198. The zero-order valence-electron chi connectivity index (χ0n) is 25.4. The van der Waals surface area contributed by atoms with Crippen molar-refractivity contribution in [2.45, 2.75) is 69.6 Å². The number of hydrogen-bond donors (Lipinski definition) is 2. The van der Waals surface area contributed by atoms with Gasteiger partial charge in [0.25, 0.3) is 0 Å². The van der Waals surface area contributed by atoms with Gasteiger partial charge >= 0.3 is 11.9 Å². The molecule has 0 unspecified atom stereocenters. The highest BCUT2D eigenvalue weighted by atomic mass is 32.2. The van der Waals surface area contributed by atoms with Crippen molar-refractivity contribution in [2.75, 3.05) is 26.1 Å². The zero-order valence-corrected chi connectivity index (χ0v) is 26.2. The first kappa shape index (κ1) is 34.4. The van der Waals surface area contributed by atoms with E-state index < -0.39 is 21.8 Å². The van der Waals surface area contributed by atoms with Crippen LogP contribution in [0.5, 0.6) is 17.2 Å². The van der Waals surface area contributed by atoms with Gasteiger partial charge in [0.2, 0.25) is 0 Å². The highest BCUT2D eigenvalue weighted by Crippen LogP contribution is 2.31. The van der Waals surface area contributed by atoms with Crippen LogP contribution in [0.1, 0.15) is 63.0 Å². The van der Waals surface area contributed by atoms with Gasteiger partial charge in [0.15, 0.2) is 9.84 Å². The molecule has 0 fully saturated rings. The third-order valence-electron chi connectivity index (χ3n) is 7.03. The molecule has 3 aromatic rings. The second-order valence-electron chi connectivity index (χ2n) is 10.6. The molecule has 0 aromatic heterocycles. The quantitative estimate of drug-likeness (QED) is 0.133. The maximum absolute atomic E-state index is 11.8. The van der Waals surface area contributed by atoms with Crippen LogP contribution in [-0.4, -0.2) is 56.6 Å². The van der Waals surface area contributed by atoms with Gasteiger partial charge in [-0.25, -0.2) is 8.42 Å². The summed E-state index contributed by atoms with van der Waals surface area (Å²) in [7, 11) is -3.27. The maximum Gasteiger partial charge on any atom is 0.303 e. The van der Waals surface area contributed by atoms with Gasteiger partial charge in [-0.1, -0.05) is 37.1 Å². The van der Waals surface area contributed by atoms with E-state index in [4.69, 9.17) is 19.3 Å². The molecule has 238 valence electrons. The number of aryl methyl sites for hydroxylation is 1. The molecular formula is C34H42O9S. The van der Waals surface area contributed by atoms with Crippen LogP contribution in [0.25, 0.3) is 11.1 Å². The standard InChI is InChI=1S/C34H42O9S/c1-3-41-28-22-27(25-14-16-30(17-15-25)44(2,39)40)23-29(24-28)42-20-7-5-4-6-10-26-11-8-12-32(31(26)18-19-34(37)38)43-21-9-13-33(35)36/h8,11-12,14-17,22-24H,3-7,9-10,13,18-21H2,1-2H3,(H,35,36)(H,37,38). The largest absolute Gasteiger partial charge is 0.494 e. The molecule has 0 radical (unpaired) electrons. The first-order chi connectivity index (χ1) is 21.1. The van der Waals surface area contributed by atoms with E-state index in [0.29, 0.717) is 43.3 Å². The number of aliphatic carboxylic acids is 2. The van der Waals surface area contributed by atoms with Crippen molar-refractivity contribution in [3.63, 3.8) is 0 Å². The van der Waals surface area contributed by atoms with E-state index in [1.54, 1.807) is 24.3 Å². The van der Waals surface area contributed by atoms with E-state index in [9.17, 15) is 23.1 Å². The summed E-state index contributed by atoms with van der Waals surface area (Å²) in [5.41, 5.74) is 3.67. The minimum atomic E-state index is -3.27. The van der Waals surface area contributed by atoms with Gasteiger partial charge in [-0.05, 0) is 91.6 Å². The van der Waals surface area contributed by atoms with Gasteiger partial charge in [0, 0.05) is 25.2 Å². The second kappa shape index (κ2) is 17.3. The molecule has 0 heterocycles. The van der Waals surface area contributed by atoms with Crippen molar-refractivity contribution in [2.24, 2.45) is 0 Å². The number of benzene rings is 3. The molecule has 0 aliphatic rings. The lowest BCUT2D eigenvalue weighted by Gasteiger charge is -2.15. The first-order valence-corrected chi connectivity index (χ1v) is 16.8. The number of carboxylic acid groups (broad SMARTS) is 2. The highest BCUT2D eigenvalue weighted by molar-refractivity contribution is 7.90. The lowest BCUT2D eigenvalue weighted by atomic mass is 9.97. The van der Waals surface area contributed by atoms with Crippen molar-refractivity contribution in [1.82, 2.24) is 0 Å². The molecule has 44 heavy (non-hydrogen) atoms. The Balaban J connectivity index is 1.52. The second-order valence-corrected chi connectivity index (χ2v) is 12.6. The predicted molar refractivity (Wildman–Crippen MR) is 169 cm³/mol. The summed E-state index contributed by atoms with van der Waals surface area (Å²) in [5, 5.41) is 18.1. The van der Waals surface area contributed by atoms with Crippen molar-refractivity contribution >= 4 is 21.8 Å². The Kier molecular flexibility index (Phi) is 13.5. The Hall–Kier alpha value is -4.05. The molecule has 9 nitrogen and oxygen atoms in total. The van der Waals surface area contributed by atoms with E-state index in [1.165, 1.54) is 6.26 Å². The van der Waals surface area contributed by atoms with Crippen LogP contribution in [0.2, 0.25) is 0 Å². The average molecular weight is 627 g/mol. The molecule has 3 aromatic carbocycles. The normalized spacial score (nSPS) is 11.2. The zero-order chi connectivity index (χ0) is 32.0. The molecular weight excluding hydrogens is 584 g/mol. The van der Waals surface area contributed by atoms with E-state index in [1.807, 2.05) is 43.3 Å². The minimum Gasteiger partial charge on any atom is -0.494 e. The highest BCUT2D eigenvalue weighted by Gasteiger charge is 2.13. The topological polar surface area (TPSA) is 136 Å². The number of sulfone groups is 1. The molecule has 0 bridgehead atoms. The fourth-order valence-corrected chi connectivity index (χ4v) is 5.46. The summed E-state index contributed by atoms with van der Waals surface area (Å²) < 4.78 is 41.3. The van der Waals surface area contributed by atoms with E-state index in [0.717, 1.165) is 54.4 Å². The Morgan fingerprint density at radius 3 is 2.02 bits per heavy atom. The Bertz CT molecular complexity index is 1480. The summed E-state index contributed by atoms with van der Waals surface area (Å²) in [6.45, 7) is 3.22. The molecule has 0 aliphatic carbocycles. The lowest BCUT2D eigenvalue weighted by molar-refractivity contribution is -0.138. The number of ether oxygens (including phenoxy) is 3. The van der Waals surface area contributed by atoms with Crippen LogP contribution in [0.3, 0.4) is 0 Å². The Morgan fingerprint density at radius 1 is 0.705 bits per heavy atom. The number of carboxylic acids is 2. The number of unbranched alkanes of at least 4 members (excludes halogenated alkanes) is 3. The van der Waals surface area contributed by atoms with Gasteiger partial charge < -0.3 is 24.4 Å². The SMILES string of the molecule is CCOc1cc(OCCCCCCc2cccc(OCCCC(=O)O)c2CCC(=O)O)cc(-c2ccc(S(C)(=O)=O)cc2)c1. The fourth-order valence-electron chi connectivity index (χ4n) is 4.83. The molecule has 0 amide bonds. The third kappa shape index (κ3) is 11.6. The van der Waals surface area contributed by atoms with E-state index in [-0.39, 0.29) is 24.3 Å². The molecule has 0 atom stereocenters. The molecule has 0 saturated carbocycles. The molecule has 0 aliphatic heterocycles. The summed E-state index contributed by atoms with van der Waals surface area (Å²) >= 11 is 0. The Morgan fingerprint density at radius 2 is 1.36 bits per heavy atom. The van der Waals surface area contributed by atoms with Gasteiger partial charge in [-0.2, -0.15) is 0 Å². The van der Waals surface area contributed by atoms with Crippen LogP contribution in [0.15, 0.2) is 65.6 Å². The van der Waals surface area contributed by atoms with Crippen molar-refractivity contribution in [3.8, 4) is 28.4 Å².